The number of hydrogen-bond donors (Lipinski definition) is 4. The van der Waals surface area contributed by atoms with Crippen LogP contribution < -0.4 is 16.4 Å². The topological polar surface area (TPSA) is 142 Å². The van der Waals surface area contributed by atoms with Crippen LogP contribution in [-0.4, -0.2) is 51.9 Å². The largest absolute Gasteiger partial charge is 0.480 e. The summed E-state index contributed by atoms with van der Waals surface area (Å²) < 4.78 is 40.3. The van der Waals surface area contributed by atoms with Gasteiger partial charge < -0.3 is 16.2 Å². The summed E-state index contributed by atoms with van der Waals surface area (Å²) in [6, 6.07) is 2.13. The minimum absolute atomic E-state index is 0.0339. The highest BCUT2D eigenvalue weighted by Crippen LogP contribution is 2.52. The summed E-state index contributed by atoms with van der Waals surface area (Å²) in [6.45, 7) is 0.0339. The molecule has 4 unspecified atom stereocenters. The second kappa shape index (κ2) is 9.72. The van der Waals surface area contributed by atoms with Crippen molar-refractivity contribution in [2.75, 3.05) is 6.54 Å². The number of carbonyl (C=O) groups excluding carboxylic acids is 3. The molecule has 0 bridgehead atoms. The molecule has 5 N–H and O–H groups in total. The highest BCUT2D eigenvalue weighted by Gasteiger charge is 2.68. The molecule has 1 aliphatic carbocycles. The fraction of sp³-hybridized carbons (Fsp3) is 0.583. The van der Waals surface area contributed by atoms with Crippen LogP contribution in [0.2, 0.25) is 0 Å². The Morgan fingerprint density at radius 1 is 1.17 bits per heavy atom. The van der Waals surface area contributed by atoms with Gasteiger partial charge in [0.05, 0.1) is 17.4 Å². The maximum Gasteiger partial charge on any atom is 0.416 e. The zero-order valence-corrected chi connectivity index (χ0v) is 19.5. The number of rotatable bonds is 7. The molecule has 2 aliphatic heterocycles. The predicted octanol–water partition coefficient (Wildman–Crippen LogP) is 2.56. The van der Waals surface area contributed by atoms with E-state index in [1.54, 1.807) is 0 Å². The van der Waals surface area contributed by atoms with Crippen LogP contribution in [-0.2, 0) is 20.6 Å². The van der Waals surface area contributed by atoms with Crippen molar-refractivity contribution in [3.63, 3.8) is 0 Å². The number of carboxylic acids is 1. The number of halogens is 3. The first-order chi connectivity index (χ1) is 17.0. The third-order valence-corrected chi connectivity index (χ3v) is 7.63. The maximum atomic E-state index is 13.7. The summed E-state index contributed by atoms with van der Waals surface area (Å²) in [6.07, 6.45) is -0.808. The zero-order valence-electron chi connectivity index (χ0n) is 19.5. The van der Waals surface area contributed by atoms with E-state index in [0.29, 0.717) is 12.8 Å². The van der Waals surface area contributed by atoms with Crippen LogP contribution in [0.5, 0.6) is 0 Å². The number of hydrogen-bond acceptors (Lipinski definition) is 5. The number of alkyl halides is 3. The average Bonchev–Trinajstić information content (AvgIpc) is 3.31. The van der Waals surface area contributed by atoms with Gasteiger partial charge in [-0.2, -0.15) is 13.2 Å². The van der Waals surface area contributed by atoms with Crippen molar-refractivity contribution in [1.82, 2.24) is 15.5 Å². The Morgan fingerprint density at radius 2 is 1.86 bits per heavy atom. The van der Waals surface area contributed by atoms with Crippen LogP contribution >= 0.6 is 0 Å². The summed E-state index contributed by atoms with van der Waals surface area (Å²) in [4.78, 5) is 52.3. The molecule has 0 radical (unpaired) electrons. The van der Waals surface area contributed by atoms with Gasteiger partial charge in [-0.3, -0.25) is 24.6 Å². The molecule has 4 atom stereocenters. The van der Waals surface area contributed by atoms with E-state index in [1.807, 2.05) is 0 Å². The van der Waals surface area contributed by atoms with Crippen LogP contribution in [0, 0.1) is 11.8 Å². The molecule has 12 heteroatoms. The molecule has 1 saturated carbocycles. The molecule has 0 aromatic heterocycles. The lowest BCUT2D eigenvalue weighted by atomic mass is 9.77. The molecule has 9 nitrogen and oxygen atoms in total. The fourth-order valence-corrected chi connectivity index (χ4v) is 6.03. The van der Waals surface area contributed by atoms with E-state index >= 15 is 0 Å². The molecule has 196 valence electrons. The summed E-state index contributed by atoms with van der Waals surface area (Å²) in [7, 11) is 0. The number of carboxylic acid groups (broad SMARTS) is 1. The Labute approximate surface area is 205 Å². The Morgan fingerprint density at radius 3 is 2.47 bits per heavy atom. The number of nitrogens with two attached hydrogens (primary N) is 1. The molecule has 1 aromatic carbocycles. The summed E-state index contributed by atoms with van der Waals surface area (Å²) in [5.74, 6) is -4.99. The van der Waals surface area contributed by atoms with Crippen molar-refractivity contribution >= 4 is 23.8 Å². The number of aliphatic carboxylic acids is 1. The van der Waals surface area contributed by atoms with Gasteiger partial charge in [-0.05, 0) is 43.4 Å². The fourth-order valence-electron chi connectivity index (χ4n) is 6.03. The van der Waals surface area contributed by atoms with E-state index in [9.17, 15) is 37.5 Å². The van der Waals surface area contributed by atoms with Gasteiger partial charge >= 0.3 is 18.2 Å². The van der Waals surface area contributed by atoms with Gasteiger partial charge in [-0.1, -0.05) is 31.4 Å². The molecule has 0 spiro atoms. The third kappa shape index (κ3) is 4.54. The van der Waals surface area contributed by atoms with E-state index in [2.05, 4.69) is 10.6 Å². The number of benzene rings is 1. The van der Waals surface area contributed by atoms with Crippen molar-refractivity contribution < 1.29 is 37.5 Å². The van der Waals surface area contributed by atoms with Crippen molar-refractivity contribution in [2.45, 2.75) is 68.7 Å². The van der Waals surface area contributed by atoms with Crippen LogP contribution in [0.1, 0.15) is 62.1 Å². The van der Waals surface area contributed by atoms with Gasteiger partial charge in [0.25, 0.3) is 0 Å². The first-order valence-corrected chi connectivity index (χ1v) is 12.1. The molecule has 4 amide bonds. The van der Waals surface area contributed by atoms with E-state index in [0.717, 1.165) is 31.4 Å². The second-order valence-electron chi connectivity index (χ2n) is 9.76. The van der Waals surface area contributed by atoms with Gasteiger partial charge in [-0.15, -0.1) is 0 Å². The van der Waals surface area contributed by atoms with Gasteiger partial charge in [0, 0.05) is 18.6 Å². The zero-order chi connectivity index (χ0) is 26.3. The lowest BCUT2D eigenvalue weighted by Crippen LogP contribution is -2.56. The van der Waals surface area contributed by atoms with Crippen LogP contribution in [0.15, 0.2) is 24.3 Å². The van der Waals surface area contributed by atoms with E-state index < -0.39 is 59.0 Å². The molecule has 1 aromatic rings. The standard InChI is InChI=1S/C24H29F3N4O5/c25-24(26,27)14-7-4-6-13(12-14)18-16-17(20(33)31(19(16)32)15-8-2-1-3-9-15)23(30-18,21(34)35)10-5-11-29-22(28)36/h4,6-7,12,15-18,30H,1-3,5,8-11H2,(H,34,35)(H3,28,29,36). The number of carbonyl (C=O) groups is 4. The van der Waals surface area contributed by atoms with E-state index in [1.165, 1.54) is 17.0 Å². The van der Waals surface area contributed by atoms with Crippen molar-refractivity contribution in [3.05, 3.63) is 35.4 Å². The van der Waals surface area contributed by atoms with Crippen LogP contribution in [0.4, 0.5) is 18.0 Å². The second-order valence-corrected chi connectivity index (χ2v) is 9.76. The number of imide groups is 1. The van der Waals surface area contributed by atoms with Gasteiger partial charge in [0.1, 0.15) is 5.54 Å². The van der Waals surface area contributed by atoms with E-state index in [4.69, 9.17) is 5.73 Å². The molecule has 2 heterocycles. The number of likely N-dealkylation sites (tertiary alicyclic amines) is 1. The first kappa shape index (κ1) is 25.9. The monoisotopic (exact) mass is 510 g/mol. The SMILES string of the molecule is NC(=O)NCCCC1(C(=O)O)NC(c2cccc(C(F)(F)F)c2)C2C(=O)N(C3CCCCC3)C(=O)C21. The van der Waals surface area contributed by atoms with Gasteiger partial charge in [0.2, 0.25) is 11.8 Å². The van der Waals surface area contributed by atoms with Crippen molar-refractivity contribution in [2.24, 2.45) is 17.6 Å². The normalized spacial score (nSPS) is 28.9. The van der Waals surface area contributed by atoms with E-state index in [-0.39, 0.29) is 31.0 Å². The maximum absolute atomic E-state index is 13.7. The highest BCUT2D eigenvalue weighted by molar-refractivity contribution is 6.09. The molecule has 2 saturated heterocycles. The minimum Gasteiger partial charge on any atom is -0.480 e. The van der Waals surface area contributed by atoms with Crippen LogP contribution in [0.25, 0.3) is 0 Å². The first-order valence-electron chi connectivity index (χ1n) is 12.1. The molecule has 36 heavy (non-hydrogen) atoms. The van der Waals surface area contributed by atoms with Crippen LogP contribution in [0.3, 0.4) is 0 Å². The summed E-state index contributed by atoms with van der Waals surface area (Å²) in [5, 5.41) is 15.6. The highest BCUT2D eigenvalue weighted by atomic mass is 19.4. The lowest BCUT2D eigenvalue weighted by Gasteiger charge is -2.34. The van der Waals surface area contributed by atoms with Gasteiger partial charge in [-0.25, -0.2) is 4.79 Å². The lowest BCUT2D eigenvalue weighted by molar-refractivity contribution is -0.153. The Bertz CT molecular complexity index is 1060. The Hall–Kier alpha value is -3.15. The molecule has 3 fully saturated rings. The van der Waals surface area contributed by atoms with Crippen molar-refractivity contribution in [3.8, 4) is 0 Å². The molecule has 4 rings (SSSR count). The quantitative estimate of drug-likeness (QED) is 0.328. The minimum atomic E-state index is -4.64. The summed E-state index contributed by atoms with van der Waals surface area (Å²) in [5.41, 5.74) is 2.33. The average molecular weight is 511 g/mol. The molecular weight excluding hydrogens is 481 g/mol. The third-order valence-electron chi connectivity index (χ3n) is 7.63. The number of amides is 4. The molecule has 3 aliphatic rings. The number of nitrogens with zero attached hydrogens (tertiary/aromatic N) is 1. The Kier molecular flexibility index (Phi) is 7.00. The number of nitrogens with one attached hydrogen (secondary N) is 2. The molecular formula is C24H29F3N4O5. The predicted molar refractivity (Wildman–Crippen MR) is 120 cm³/mol. The Balaban J connectivity index is 1.75. The number of fused-ring (bicyclic) bond motifs is 1. The smallest absolute Gasteiger partial charge is 0.416 e. The summed E-state index contributed by atoms with van der Waals surface area (Å²) >= 11 is 0. The number of primary amides is 1. The van der Waals surface area contributed by atoms with Gasteiger partial charge in [0.15, 0.2) is 0 Å². The van der Waals surface area contributed by atoms with Crippen molar-refractivity contribution in [1.29, 1.82) is 0 Å². The number of urea groups is 1.